The number of nitrogens with one attached hydrogen (secondary N) is 2. The summed E-state index contributed by atoms with van der Waals surface area (Å²) in [5, 5.41) is 5.54. The average Bonchev–Trinajstić information content (AvgIpc) is 2.77. The third-order valence-corrected chi connectivity index (χ3v) is 5.67. The molecule has 0 saturated carbocycles. The number of hydrogen-bond donors (Lipinski definition) is 2. The van der Waals surface area contributed by atoms with E-state index in [0.29, 0.717) is 18.2 Å². The fourth-order valence-electron chi connectivity index (χ4n) is 3.79. The molecule has 1 fully saturated rings. The van der Waals surface area contributed by atoms with Crippen molar-refractivity contribution >= 4 is 17.5 Å². The van der Waals surface area contributed by atoms with E-state index in [1.807, 2.05) is 37.3 Å². The predicted octanol–water partition coefficient (Wildman–Crippen LogP) is 3.26. The number of hydrogen-bond acceptors (Lipinski definition) is 3. The highest BCUT2D eigenvalue weighted by atomic mass is 16.2. The summed E-state index contributed by atoms with van der Waals surface area (Å²) in [6, 6.07) is 18.1. The van der Waals surface area contributed by atoms with Crippen molar-refractivity contribution in [3.05, 3.63) is 65.7 Å². The molecule has 3 rings (SSSR count). The van der Waals surface area contributed by atoms with E-state index >= 15 is 0 Å². The Morgan fingerprint density at radius 1 is 0.966 bits per heavy atom. The first-order valence-corrected chi connectivity index (χ1v) is 10.6. The van der Waals surface area contributed by atoms with E-state index in [0.717, 1.165) is 50.9 Å². The average molecular weight is 394 g/mol. The molecule has 2 aromatic carbocycles. The van der Waals surface area contributed by atoms with Gasteiger partial charge in [-0.2, -0.15) is 0 Å². The lowest BCUT2D eigenvalue weighted by molar-refractivity contribution is -0.136. The lowest BCUT2D eigenvalue weighted by Crippen LogP contribution is -2.42. The lowest BCUT2D eigenvalue weighted by Gasteiger charge is -2.32. The van der Waals surface area contributed by atoms with Gasteiger partial charge in [0.2, 0.25) is 0 Å². The number of carbonyl (C=O) groups is 2. The fourth-order valence-corrected chi connectivity index (χ4v) is 3.79. The summed E-state index contributed by atoms with van der Waals surface area (Å²) in [6.07, 6.45) is 3.98. The Balaban J connectivity index is 1.36. The number of rotatable bonds is 7. The van der Waals surface area contributed by atoms with Crippen LogP contribution in [0.25, 0.3) is 0 Å². The van der Waals surface area contributed by atoms with Crippen LogP contribution in [0.2, 0.25) is 0 Å². The van der Waals surface area contributed by atoms with Crippen molar-refractivity contribution in [1.29, 1.82) is 0 Å². The quantitative estimate of drug-likeness (QED) is 0.710. The summed E-state index contributed by atoms with van der Waals surface area (Å²) in [4.78, 5) is 26.9. The first-order valence-electron chi connectivity index (χ1n) is 10.6. The van der Waals surface area contributed by atoms with Gasteiger partial charge in [0.15, 0.2) is 0 Å². The Morgan fingerprint density at radius 3 is 2.38 bits per heavy atom. The molecule has 2 N–H and O–H groups in total. The number of carbonyl (C=O) groups excluding carboxylic acids is 2. The summed E-state index contributed by atoms with van der Waals surface area (Å²) in [5.74, 6) is -0.712. The van der Waals surface area contributed by atoms with Crippen molar-refractivity contribution in [1.82, 2.24) is 10.2 Å². The van der Waals surface area contributed by atoms with Gasteiger partial charge in [0.25, 0.3) is 0 Å². The number of likely N-dealkylation sites (tertiary alicyclic amines) is 1. The molecule has 154 valence electrons. The number of aryl methyl sites for hydroxylation is 1. The van der Waals surface area contributed by atoms with Crippen LogP contribution in [0.5, 0.6) is 0 Å². The zero-order chi connectivity index (χ0) is 20.5. The molecule has 2 aromatic rings. The van der Waals surface area contributed by atoms with Gasteiger partial charge >= 0.3 is 11.8 Å². The number of amides is 2. The molecule has 0 bridgehead atoms. The van der Waals surface area contributed by atoms with E-state index in [1.54, 1.807) is 0 Å². The van der Waals surface area contributed by atoms with Gasteiger partial charge in [0, 0.05) is 18.8 Å². The smallest absolute Gasteiger partial charge is 0.313 e. The highest BCUT2D eigenvalue weighted by Crippen LogP contribution is 2.17. The number of anilines is 1. The van der Waals surface area contributed by atoms with Crippen LogP contribution in [0.4, 0.5) is 5.69 Å². The first kappa shape index (κ1) is 21.1. The standard InChI is InChI=1S/C24H31N3O2/c1-2-21-10-6-7-11-22(21)26-24(29)23(28)25-18-20-13-16-27(17-14-20)15-12-19-8-4-3-5-9-19/h3-11,20H,2,12-18H2,1H3,(H,25,28)(H,26,29). The van der Waals surface area contributed by atoms with Crippen LogP contribution < -0.4 is 10.6 Å². The molecule has 29 heavy (non-hydrogen) atoms. The molecule has 1 saturated heterocycles. The Hall–Kier alpha value is -2.66. The molecular weight excluding hydrogens is 362 g/mol. The van der Waals surface area contributed by atoms with Crippen molar-refractivity contribution in [3.63, 3.8) is 0 Å². The second kappa shape index (κ2) is 10.8. The van der Waals surface area contributed by atoms with Gasteiger partial charge in [-0.15, -0.1) is 0 Å². The predicted molar refractivity (Wildman–Crippen MR) is 117 cm³/mol. The molecule has 0 unspecified atom stereocenters. The SMILES string of the molecule is CCc1ccccc1NC(=O)C(=O)NCC1CCN(CCc2ccccc2)CC1. The molecule has 0 aromatic heterocycles. The largest absolute Gasteiger partial charge is 0.348 e. The maximum Gasteiger partial charge on any atom is 0.313 e. The van der Waals surface area contributed by atoms with E-state index in [1.165, 1.54) is 5.56 Å². The highest BCUT2D eigenvalue weighted by molar-refractivity contribution is 6.39. The van der Waals surface area contributed by atoms with Crippen LogP contribution in [0.1, 0.15) is 30.9 Å². The fraction of sp³-hybridized carbons (Fsp3) is 0.417. The third-order valence-electron chi connectivity index (χ3n) is 5.67. The minimum atomic E-state index is -0.591. The van der Waals surface area contributed by atoms with Crippen LogP contribution in [0.3, 0.4) is 0 Å². The van der Waals surface area contributed by atoms with E-state index in [9.17, 15) is 9.59 Å². The molecule has 0 spiro atoms. The van der Waals surface area contributed by atoms with Crippen LogP contribution in [0.15, 0.2) is 54.6 Å². The zero-order valence-corrected chi connectivity index (χ0v) is 17.2. The molecule has 5 nitrogen and oxygen atoms in total. The van der Waals surface area contributed by atoms with E-state index in [-0.39, 0.29) is 0 Å². The normalized spacial score (nSPS) is 15.1. The van der Waals surface area contributed by atoms with Crippen molar-refractivity contribution in [2.45, 2.75) is 32.6 Å². The van der Waals surface area contributed by atoms with Crippen molar-refractivity contribution in [3.8, 4) is 0 Å². The molecular formula is C24H31N3O2. The van der Waals surface area contributed by atoms with E-state index in [4.69, 9.17) is 0 Å². The zero-order valence-electron chi connectivity index (χ0n) is 17.2. The summed E-state index contributed by atoms with van der Waals surface area (Å²) < 4.78 is 0. The minimum Gasteiger partial charge on any atom is -0.348 e. The van der Waals surface area contributed by atoms with Crippen LogP contribution in [0, 0.1) is 5.92 Å². The topological polar surface area (TPSA) is 61.4 Å². The molecule has 1 aliphatic rings. The summed E-state index contributed by atoms with van der Waals surface area (Å²) in [5.41, 5.74) is 3.11. The number of nitrogens with zero attached hydrogens (tertiary/aromatic N) is 1. The van der Waals surface area contributed by atoms with Gasteiger partial charge in [-0.3, -0.25) is 9.59 Å². The Labute approximate surface area is 173 Å². The van der Waals surface area contributed by atoms with Crippen LogP contribution in [-0.2, 0) is 22.4 Å². The molecule has 5 heteroatoms. The van der Waals surface area contributed by atoms with Gasteiger partial charge in [0.05, 0.1) is 0 Å². The molecule has 2 amide bonds. The van der Waals surface area contributed by atoms with Crippen LogP contribution >= 0.6 is 0 Å². The van der Waals surface area contributed by atoms with Crippen molar-refractivity contribution in [2.75, 3.05) is 31.5 Å². The van der Waals surface area contributed by atoms with Crippen LogP contribution in [-0.4, -0.2) is 42.9 Å². The molecule has 0 aliphatic carbocycles. The maximum absolute atomic E-state index is 12.2. The number of para-hydroxylation sites is 1. The Bertz CT molecular complexity index is 799. The molecule has 1 heterocycles. The maximum atomic E-state index is 12.2. The van der Waals surface area contributed by atoms with Crippen molar-refractivity contribution in [2.24, 2.45) is 5.92 Å². The van der Waals surface area contributed by atoms with E-state index < -0.39 is 11.8 Å². The third kappa shape index (κ3) is 6.43. The number of piperidine rings is 1. The Kier molecular flexibility index (Phi) is 7.82. The number of benzene rings is 2. The first-order chi connectivity index (χ1) is 14.2. The van der Waals surface area contributed by atoms with Gasteiger partial charge in [-0.1, -0.05) is 55.5 Å². The summed E-state index contributed by atoms with van der Waals surface area (Å²) in [7, 11) is 0. The minimum absolute atomic E-state index is 0.433. The van der Waals surface area contributed by atoms with Crippen molar-refractivity contribution < 1.29 is 9.59 Å². The summed E-state index contributed by atoms with van der Waals surface area (Å²) >= 11 is 0. The summed E-state index contributed by atoms with van der Waals surface area (Å²) in [6.45, 7) is 5.75. The molecule has 0 radical (unpaired) electrons. The second-order valence-electron chi connectivity index (χ2n) is 7.70. The molecule has 1 aliphatic heterocycles. The highest BCUT2D eigenvalue weighted by Gasteiger charge is 2.21. The lowest BCUT2D eigenvalue weighted by atomic mass is 9.96. The second-order valence-corrected chi connectivity index (χ2v) is 7.70. The van der Waals surface area contributed by atoms with Gasteiger partial charge in [0.1, 0.15) is 0 Å². The monoisotopic (exact) mass is 393 g/mol. The molecule has 0 atom stereocenters. The van der Waals surface area contributed by atoms with Gasteiger partial charge in [-0.25, -0.2) is 0 Å². The van der Waals surface area contributed by atoms with E-state index in [2.05, 4.69) is 39.8 Å². The Morgan fingerprint density at radius 2 is 1.66 bits per heavy atom. The van der Waals surface area contributed by atoms with Gasteiger partial charge in [-0.05, 0) is 61.9 Å². The van der Waals surface area contributed by atoms with Gasteiger partial charge < -0.3 is 15.5 Å².